The van der Waals surface area contributed by atoms with Crippen molar-refractivity contribution in [1.29, 1.82) is 0 Å². The predicted octanol–water partition coefficient (Wildman–Crippen LogP) is 8.62. The molecule has 1 N–H and O–H groups in total. The zero-order valence-electron chi connectivity index (χ0n) is 16.3. The molecule has 1 nitrogen and oxygen atoms in total. The van der Waals surface area contributed by atoms with Crippen LogP contribution in [0.1, 0.15) is 0 Å². The first kappa shape index (κ1) is 17.3. The fourth-order valence-electron chi connectivity index (χ4n) is 4.27. The standard InChI is InChI=1S/C28H19NS/c1-2-9-19(10-3-1)20-17-18-25(22-12-5-4-11-21(20)22)29-26-15-8-14-24-23-13-6-7-16-27(23)30-28(24)26/h1-18,29H. The van der Waals surface area contributed by atoms with Crippen LogP contribution in [0.4, 0.5) is 11.4 Å². The molecule has 142 valence electrons. The maximum absolute atomic E-state index is 3.74. The zero-order valence-corrected chi connectivity index (χ0v) is 17.1. The van der Waals surface area contributed by atoms with Crippen molar-refractivity contribution in [3.05, 3.63) is 109 Å². The molecule has 5 aromatic carbocycles. The third kappa shape index (κ3) is 2.77. The summed E-state index contributed by atoms with van der Waals surface area (Å²) in [5.41, 5.74) is 4.80. The van der Waals surface area contributed by atoms with E-state index in [-0.39, 0.29) is 0 Å². The Labute approximate surface area is 179 Å². The lowest BCUT2D eigenvalue weighted by molar-refractivity contribution is 1.61. The monoisotopic (exact) mass is 401 g/mol. The molecule has 2 heteroatoms. The van der Waals surface area contributed by atoms with E-state index in [9.17, 15) is 0 Å². The summed E-state index contributed by atoms with van der Waals surface area (Å²) in [5, 5.41) is 8.87. The third-order valence-electron chi connectivity index (χ3n) is 5.68. The molecule has 0 aliphatic heterocycles. The Hall–Kier alpha value is -3.62. The molecule has 1 heterocycles. The van der Waals surface area contributed by atoms with Gasteiger partial charge in [-0.1, -0.05) is 91.0 Å². The average molecular weight is 402 g/mol. The molecule has 6 aromatic rings. The Balaban J connectivity index is 1.52. The summed E-state index contributed by atoms with van der Waals surface area (Å²) in [6, 6.07) is 38.9. The van der Waals surface area contributed by atoms with Crippen molar-refractivity contribution in [2.45, 2.75) is 0 Å². The Morgan fingerprint density at radius 1 is 0.467 bits per heavy atom. The number of benzene rings is 5. The summed E-state index contributed by atoms with van der Waals surface area (Å²) < 4.78 is 2.63. The number of anilines is 2. The summed E-state index contributed by atoms with van der Waals surface area (Å²) >= 11 is 1.85. The topological polar surface area (TPSA) is 12.0 Å². The van der Waals surface area contributed by atoms with Crippen LogP contribution in [-0.2, 0) is 0 Å². The van der Waals surface area contributed by atoms with Crippen LogP contribution in [0.5, 0.6) is 0 Å². The molecule has 0 atom stereocenters. The SMILES string of the molecule is c1ccc(-c2ccc(Nc3cccc4c3sc3ccccc34)c3ccccc23)cc1. The first-order valence-corrected chi connectivity index (χ1v) is 10.9. The highest BCUT2D eigenvalue weighted by atomic mass is 32.1. The Morgan fingerprint density at radius 3 is 2.03 bits per heavy atom. The van der Waals surface area contributed by atoms with Crippen LogP contribution in [0.25, 0.3) is 42.1 Å². The fraction of sp³-hybridized carbons (Fsp3) is 0. The van der Waals surface area contributed by atoms with Gasteiger partial charge < -0.3 is 5.32 Å². The van der Waals surface area contributed by atoms with Crippen LogP contribution < -0.4 is 5.32 Å². The quantitative estimate of drug-likeness (QED) is 0.313. The lowest BCUT2D eigenvalue weighted by atomic mass is 9.97. The summed E-state index contributed by atoms with van der Waals surface area (Å²) in [5.74, 6) is 0. The molecule has 0 fully saturated rings. The highest BCUT2D eigenvalue weighted by Gasteiger charge is 2.11. The summed E-state index contributed by atoms with van der Waals surface area (Å²) in [4.78, 5) is 0. The van der Waals surface area contributed by atoms with Crippen LogP contribution >= 0.6 is 11.3 Å². The molecule has 0 saturated carbocycles. The van der Waals surface area contributed by atoms with Gasteiger partial charge in [0.1, 0.15) is 0 Å². The van der Waals surface area contributed by atoms with Gasteiger partial charge >= 0.3 is 0 Å². The van der Waals surface area contributed by atoms with Crippen molar-refractivity contribution in [1.82, 2.24) is 0 Å². The number of thiophene rings is 1. The molecular weight excluding hydrogens is 382 g/mol. The molecule has 0 saturated heterocycles. The second-order valence-electron chi connectivity index (χ2n) is 7.48. The van der Waals surface area contributed by atoms with Gasteiger partial charge in [-0.3, -0.25) is 0 Å². The molecule has 0 unspecified atom stereocenters. The highest BCUT2D eigenvalue weighted by Crippen LogP contribution is 2.40. The van der Waals surface area contributed by atoms with E-state index in [1.807, 2.05) is 11.3 Å². The first-order valence-electron chi connectivity index (χ1n) is 10.1. The maximum atomic E-state index is 3.74. The van der Waals surface area contributed by atoms with Crippen molar-refractivity contribution in [2.24, 2.45) is 0 Å². The summed E-state index contributed by atoms with van der Waals surface area (Å²) in [6.45, 7) is 0. The molecule has 6 rings (SSSR count). The van der Waals surface area contributed by atoms with E-state index in [1.54, 1.807) is 0 Å². The summed E-state index contributed by atoms with van der Waals surface area (Å²) in [7, 11) is 0. The molecule has 0 aliphatic carbocycles. The third-order valence-corrected chi connectivity index (χ3v) is 6.90. The Kier molecular flexibility index (Phi) is 4.03. The van der Waals surface area contributed by atoms with Gasteiger partial charge in [-0.05, 0) is 34.7 Å². The molecule has 0 spiro atoms. The molecule has 30 heavy (non-hydrogen) atoms. The smallest absolute Gasteiger partial charge is 0.0590 e. The highest BCUT2D eigenvalue weighted by molar-refractivity contribution is 7.26. The normalized spacial score (nSPS) is 11.3. The van der Waals surface area contributed by atoms with Gasteiger partial charge in [-0.25, -0.2) is 0 Å². The van der Waals surface area contributed by atoms with Gasteiger partial charge in [-0.2, -0.15) is 0 Å². The number of nitrogens with one attached hydrogen (secondary N) is 1. The van der Waals surface area contributed by atoms with E-state index < -0.39 is 0 Å². The Bertz CT molecular complexity index is 1510. The van der Waals surface area contributed by atoms with E-state index in [0.717, 1.165) is 11.4 Å². The van der Waals surface area contributed by atoms with Gasteiger partial charge in [0.15, 0.2) is 0 Å². The lowest BCUT2D eigenvalue weighted by Gasteiger charge is -2.14. The van der Waals surface area contributed by atoms with E-state index in [0.29, 0.717) is 0 Å². The number of hydrogen-bond acceptors (Lipinski definition) is 2. The van der Waals surface area contributed by atoms with Crippen LogP contribution in [0.15, 0.2) is 109 Å². The van der Waals surface area contributed by atoms with Crippen LogP contribution in [0, 0.1) is 0 Å². The molecule has 0 bridgehead atoms. The van der Waals surface area contributed by atoms with Gasteiger partial charge in [-0.15, -0.1) is 11.3 Å². The lowest BCUT2D eigenvalue weighted by Crippen LogP contribution is -1.93. The van der Waals surface area contributed by atoms with Gasteiger partial charge in [0.2, 0.25) is 0 Å². The average Bonchev–Trinajstić information content (AvgIpc) is 3.20. The number of rotatable bonds is 3. The minimum Gasteiger partial charge on any atom is -0.354 e. The largest absolute Gasteiger partial charge is 0.354 e. The maximum Gasteiger partial charge on any atom is 0.0590 e. The fourth-order valence-corrected chi connectivity index (χ4v) is 5.44. The van der Waals surface area contributed by atoms with E-state index >= 15 is 0 Å². The van der Waals surface area contributed by atoms with E-state index in [2.05, 4.69) is 115 Å². The van der Waals surface area contributed by atoms with Gasteiger partial charge in [0, 0.05) is 26.5 Å². The molecule has 0 radical (unpaired) electrons. The first-order chi connectivity index (χ1) is 14.9. The zero-order chi connectivity index (χ0) is 19.9. The van der Waals surface area contributed by atoms with Crippen LogP contribution in [-0.4, -0.2) is 0 Å². The number of fused-ring (bicyclic) bond motifs is 4. The molecule has 0 aliphatic rings. The molecular formula is C28H19NS. The molecule has 1 aromatic heterocycles. The van der Waals surface area contributed by atoms with Crippen molar-refractivity contribution in [3.63, 3.8) is 0 Å². The van der Waals surface area contributed by atoms with E-state index in [4.69, 9.17) is 0 Å². The minimum atomic E-state index is 1.13. The van der Waals surface area contributed by atoms with Crippen LogP contribution in [0.2, 0.25) is 0 Å². The summed E-state index contributed by atoms with van der Waals surface area (Å²) in [6.07, 6.45) is 0. The number of hydrogen-bond donors (Lipinski definition) is 1. The van der Waals surface area contributed by atoms with Crippen LogP contribution in [0.3, 0.4) is 0 Å². The second kappa shape index (κ2) is 7.01. The minimum absolute atomic E-state index is 1.13. The van der Waals surface area contributed by atoms with Gasteiger partial charge in [0.05, 0.1) is 10.4 Å². The van der Waals surface area contributed by atoms with Crippen molar-refractivity contribution >= 4 is 53.7 Å². The Morgan fingerprint density at radius 2 is 1.17 bits per heavy atom. The van der Waals surface area contributed by atoms with Crippen molar-refractivity contribution in [3.8, 4) is 11.1 Å². The van der Waals surface area contributed by atoms with Crippen molar-refractivity contribution in [2.75, 3.05) is 5.32 Å². The van der Waals surface area contributed by atoms with Gasteiger partial charge in [0.25, 0.3) is 0 Å². The predicted molar refractivity (Wildman–Crippen MR) is 132 cm³/mol. The second-order valence-corrected chi connectivity index (χ2v) is 8.53. The van der Waals surface area contributed by atoms with E-state index in [1.165, 1.54) is 42.1 Å². The van der Waals surface area contributed by atoms with Crippen molar-refractivity contribution < 1.29 is 0 Å². The molecule has 0 amide bonds.